The maximum Gasteiger partial charge on any atom is 1.00 e. The summed E-state index contributed by atoms with van der Waals surface area (Å²) in [4.78, 5) is 0. The Balaban J connectivity index is 0.00000428. The van der Waals surface area contributed by atoms with Crippen molar-refractivity contribution in [2.45, 2.75) is 300 Å². The molecule has 25 nitrogen and oxygen atoms in total. The van der Waals surface area contributed by atoms with Crippen molar-refractivity contribution in [3.8, 4) is 0 Å². The van der Waals surface area contributed by atoms with Gasteiger partial charge >= 0.3 is 59.1 Å². The average Bonchev–Trinajstić information content (AvgIpc) is 1.61. The minimum atomic E-state index is -5.19. The van der Waals surface area contributed by atoms with Gasteiger partial charge in [-0.25, -0.2) is 16.8 Å². The average molecular weight is 1310 g/mol. The molecule has 12 fully saturated rings. The van der Waals surface area contributed by atoms with Gasteiger partial charge in [0.2, 0.25) is 20.8 Å². The second-order valence-corrected chi connectivity index (χ2v) is 29.2. The van der Waals surface area contributed by atoms with Gasteiger partial charge in [-0.1, -0.05) is 43.9 Å². The third kappa shape index (κ3) is 14.2. The summed E-state index contributed by atoms with van der Waals surface area (Å²) in [6, 6.07) is 0. The first kappa shape index (κ1) is 70.8. The molecule has 30 atom stereocenters. The largest absolute Gasteiger partial charge is 1.00 e. The Morgan fingerprint density at radius 1 is 0.716 bits per heavy atom. The molecule has 0 unspecified atom stereocenters. The monoisotopic (exact) mass is 1300 g/mol. The third-order valence-electron chi connectivity index (χ3n) is 20.9. The molecule has 0 saturated carbocycles. The summed E-state index contributed by atoms with van der Waals surface area (Å²) in [7, 11) is -10.2. The van der Waals surface area contributed by atoms with Crippen molar-refractivity contribution in [2.24, 2.45) is 5.92 Å². The van der Waals surface area contributed by atoms with Crippen LogP contribution in [-0.2, 0) is 90.7 Å². The van der Waals surface area contributed by atoms with E-state index in [0.717, 1.165) is 5.57 Å². The van der Waals surface area contributed by atoms with Crippen molar-refractivity contribution in [3.05, 3.63) is 49.1 Å². The maximum absolute atomic E-state index is 11.9. The molecule has 29 heteroatoms. The van der Waals surface area contributed by atoms with Crippen molar-refractivity contribution in [1.82, 2.24) is 0 Å². The number of fused-ring (bicyclic) bond motifs is 10. The van der Waals surface area contributed by atoms with Gasteiger partial charge in [-0.15, -0.1) is 6.58 Å². The maximum atomic E-state index is 11.9. The van der Waals surface area contributed by atoms with E-state index in [4.69, 9.17) is 65.8 Å². The first-order chi connectivity index (χ1) is 40.5. The smallest absolute Gasteiger partial charge is 0.726 e. The van der Waals surface area contributed by atoms with Crippen LogP contribution in [0.15, 0.2) is 49.1 Å². The summed E-state index contributed by atoms with van der Waals surface area (Å²) >= 11 is 0. The summed E-state index contributed by atoms with van der Waals surface area (Å²) in [6.07, 6.45) is -7.13. The van der Waals surface area contributed by atoms with Crippen molar-refractivity contribution in [1.29, 1.82) is 0 Å². The molecule has 12 saturated heterocycles. The Hall–Kier alpha value is 0.0200. The Morgan fingerprint density at radius 3 is 1.98 bits per heavy atom. The van der Waals surface area contributed by atoms with Crippen LogP contribution in [0.3, 0.4) is 0 Å². The first-order valence-electron chi connectivity index (χ1n) is 30.7. The molecular formula is C59H86Na2O25S2. The van der Waals surface area contributed by atoms with Gasteiger partial charge in [0.15, 0.2) is 6.29 Å². The second-order valence-electron chi connectivity index (χ2n) is 27.1. The van der Waals surface area contributed by atoms with E-state index >= 15 is 0 Å². The molecule has 4 N–H and O–H groups in total. The van der Waals surface area contributed by atoms with E-state index in [-0.39, 0.29) is 109 Å². The number of hydrogen-bond acceptors (Lipinski definition) is 25. The van der Waals surface area contributed by atoms with Gasteiger partial charge in [0, 0.05) is 44.9 Å². The molecule has 88 heavy (non-hydrogen) atoms. The van der Waals surface area contributed by atoms with Gasteiger partial charge in [-0.05, 0) is 84.1 Å². The fourth-order valence-corrected chi connectivity index (χ4v) is 17.5. The number of allylic oxidation sites excluding steroid dienone is 3. The summed E-state index contributed by atoms with van der Waals surface area (Å²) in [6.45, 7) is 20.9. The molecule has 0 aliphatic carbocycles. The number of aliphatic hydroxyl groups excluding tert-OH is 4. The quantitative estimate of drug-likeness (QED) is 0.0308. The molecule has 0 aromatic heterocycles. The van der Waals surface area contributed by atoms with Crippen molar-refractivity contribution < 1.29 is 175 Å². The molecule has 0 bridgehead atoms. The third-order valence-corrected chi connectivity index (χ3v) is 21.8. The Bertz CT molecular complexity index is 2790. The summed E-state index contributed by atoms with van der Waals surface area (Å²) in [5, 5.41) is 43.6. The van der Waals surface area contributed by atoms with E-state index in [0.29, 0.717) is 76.2 Å². The van der Waals surface area contributed by atoms with E-state index in [1.807, 2.05) is 6.92 Å². The van der Waals surface area contributed by atoms with E-state index in [1.165, 1.54) is 0 Å². The summed E-state index contributed by atoms with van der Waals surface area (Å²) < 4.78 is 168. The molecule has 0 aromatic carbocycles. The minimum absolute atomic E-state index is 0. The zero-order valence-electron chi connectivity index (χ0n) is 51.4. The fourth-order valence-electron chi connectivity index (χ4n) is 16.6. The van der Waals surface area contributed by atoms with Crippen molar-refractivity contribution >= 4 is 20.8 Å². The van der Waals surface area contributed by atoms with Gasteiger partial charge < -0.3 is 91.1 Å². The van der Waals surface area contributed by atoms with E-state index in [2.05, 4.69) is 44.7 Å². The summed E-state index contributed by atoms with van der Waals surface area (Å²) in [5.74, 6) is -0.121. The Morgan fingerprint density at radius 2 is 1.32 bits per heavy atom. The molecule has 12 aliphatic heterocycles. The molecule has 0 radical (unpaired) electrons. The van der Waals surface area contributed by atoms with Crippen LogP contribution in [-0.4, -0.2) is 235 Å². The number of aliphatic hydroxyl groups is 4. The number of ether oxygens (including phenoxy) is 13. The van der Waals surface area contributed by atoms with Gasteiger partial charge in [0.25, 0.3) is 0 Å². The van der Waals surface area contributed by atoms with Crippen molar-refractivity contribution in [2.75, 3.05) is 13.2 Å². The number of rotatable bonds is 15. The Labute approximate surface area is 559 Å². The molecular weight excluding hydrogens is 1220 g/mol. The van der Waals surface area contributed by atoms with Gasteiger partial charge in [-0.3, -0.25) is 8.37 Å². The van der Waals surface area contributed by atoms with Crippen LogP contribution < -0.4 is 59.1 Å². The molecule has 0 amide bonds. The van der Waals surface area contributed by atoms with Crippen LogP contribution in [0.25, 0.3) is 0 Å². The fraction of sp³-hybridized carbons (Fsp3) is 0.864. The predicted octanol–water partition coefficient (Wildman–Crippen LogP) is -3.54. The van der Waals surface area contributed by atoms with Crippen LogP contribution in [0, 0.1) is 5.92 Å². The molecule has 0 aromatic rings. The van der Waals surface area contributed by atoms with E-state index in [1.54, 1.807) is 25.2 Å². The van der Waals surface area contributed by atoms with Crippen LogP contribution in [0.1, 0.15) is 125 Å². The standard InChI is InChI=1S/C59H88O25S2.2Na/c1-9-11-28(2)12-13-31(61)51-29(3)18-40-39(77-51)24-48-59(8,82-40)54(80-55-50(63)49(62)44(27-60)78-55)53-43(76-48)22-42-52(79-53)30(4)26-58(7)46(75-42)25-45-57(6,84-58)16-14-32-33(74-45)19-35-34(71-32)20-36-37(72-35)21-41-38(73-36)23-47(83-86(67,68)69)56(5,81-41)15-10-17-70-85(64,65)66;;/h9,12-13,30-55,60-63H,1-3,10-11,14-27H2,4-8H3,(H,64,65,66)(H,67,68,69);;/q;2*+1/p-2/b13-12+;;/t30-,31+,32-,33+,34+,35-,36-,37+,38+,39+,40-,41-,42-,43+,44-,45-,46+,47-,48-,49-,50+,51-,52+,53+,54+,55+,56+,57+,58-,59-;;/m0../s1. The number of hydrogen-bond donors (Lipinski definition) is 4. The van der Waals surface area contributed by atoms with Crippen LogP contribution >= 0.6 is 0 Å². The summed E-state index contributed by atoms with van der Waals surface area (Å²) in [5.41, 5.74) is -2.71. The second kappa shape index (κ2) is 27.1. The van der Waals surface area contributed by atoms with Gasteiger partial charge in [-0.2, -0.15) is 0 Å². The van der Waals surface area contributed by atoms with Gasteiger partial charge in [0.05, 0.1) is 128 Å². The van der Waals surface area contributed by atoms with Crippen LogP contribution in [0.2, 0.25) is 0 Å². The first-order valence-corrected chi connectivity index (χ1v) is 33.4. The Kier molecular flexibility index (Phi) is 21.8. The molecule has 12 heterocycles. The molecule has 0 spiro atoms. The SMILES string of the molecule is C=CCC(=C)/C=C/[C@@H](O)[C@H]1O[C@@H]2C[C@@H]3O[C@@H]4C[C@@H]5O[C@@H]6C[C@@H]7O[C@@H]8C[C@@H]9O[C@@H]%10C[C@@H]%11O[C@](C)(CCCOS(=O)(=O)[O-])[C@@H](OS(=O)(=O)[O-])C[C@H]%11O[C@H]%10C[C@H]9O[C@H]8CC[C@@]7(C)O[C@@]6(C)C[C@H](C)[C@H]5O[C@H]4[C@@H](O[C@H]4O[C@@H](CO)[C@H](O)[C@H]4O)[C@@]3(C)O[C@H]2CC1=C.[Na+].[Na+]. The molecule has 12 aliphatic rings. The van der Waals surface area contributed by atoms with Gasteiger partial charge in [0.1, 0.15) is 54.4 Å². The van der Waals surface area contributed by atoms with Crippen molar-refractivity contribution in [3.63, 3.8) is 0 Å². The zero-order chi connectivity index (χ0) is 61.2. The molecule has 486 valence electrons. The van der Waals surface area contributed by atoms with E-state index in [9.17, 15) is 46.4 Å². The van der Waals surface area contributed by atoms with Crippen LogP contribution in [0.4, 0.5) is 0 Å². The minimum Gasteiger partial charge on any atom is -0.726 e. The normalized spacial score (nSPS) is 50.1. The van der Waals surface area contributed by atoms with E-state index < -0.39 is 185 Å². The van der Waals surface area contributed by atoms with Crippen LogP contribution in [0.5, 0.6) is 0 Å². The molecule has 12 rings (SSSR count). The topological polar surface area (TPSA) is 334 Å². The predicted molar refractivity (Wildman–Crippen MR) is 294 cm³/mol. The zero-order valence-corrected chi connectivity index (χ0v) is 57.0.